The predicted molar refractivity (Wildman–Crippen MR) is 94.6 cm³/mol. The second-order valence-corrected chi connectivity index (χ2v) is 8.00. The van der Waals surface area contributed by atoms with E-state index < -0.39 is 5.97 Å². The van der Waals surface area contributed by atoms with Gasteiger partial charge in [0.1, 0.15) is 5.01 Å². The summed E-state index contributed by atoms with van der Waals surface area (Å²) in [4.78, 5) is 25.7. The summed E-state index contributed by atoms with van der Waals surface area (Å²) in [5.41, 5.74) is 1.44. The summed E-state index contributed by atoms with van der Waals surface area (Å²) in [6.45, 7) is 0. The fourth-order valence-electron chi connectivity index (χ4n) is 1.90. The quantitative estimate of drug-likeness (QED) is 0.522. The summed E-state index contributed by atoms with van der Waals surface area (Å²) in [6, 6.07) is 3.63. The summed E-state index contributed by atoms with van der Waals surface area (Å²) in [5, 5.41) is 10.5. The normalized spacial score (nSPS) is 10.9. The average Bonchev–Trinajstić information content (AvgIpc) is 3.13. The number of thioether (sulfide) groups is 1. The molecule has 0 saturated carbocycles. The van der Waals surface area contributed by atoms with Gasteiger partial charge in [0.05, 0.1) is 21.3 Å². The Morgan fingerprint density at radius 3 is 2.61 bits per heavy atom. The number of hydrogen-bond acceptors (Lipinski definition) is 7. The molecule has 118 valence electrons. The standard InChI is InChI=1S/C14H10ClN3O2S3/c1-21-14-16-5-7(6-17-14)13-18-12(8-2-3-10(15)22-8)9(23-13)4-11(19)20/h2-3,5-6H,4H2,1H3,(H,19,20). The molecule has 3 aromatic heterocycles. The highest BCUT2D eigenvalue weighted by Gasteiger charge is 2.18. The van der Waals surface area contributed by atoms with Crippen LogP contribution < -0.4 is 0 Å². The molecular weight excluding hydrogens is 374 g/mol. The zero-order valence-corrected chi connectivity index (χ0v) is 15.0. The van der Waals surface area contributed by atoms with E-state index in [0.717, 1.165) is 10.4 Å². The molecule has 0 saturated heterocycles. The third-order valence-electron chi connectivity index (χ3n) is 2.87. The summed E-state index contributed by atoms with van der Waals surface area (Å²) < 4.78 is 0.642. The van der Waals surface area contributed by atoms with E-state index in [-0.39, 0.29) is 6.42 Å². The first kappa shape index (κ1) is 16.4. The van der Waals surface area contributed by atoms with Crippen LogP contribution in [0.3, 0.4) is 0 Å². The number of halogens is 1. The van der Waals surface area contributed by atoms with Crippen LogP contribution in [0.1, 0.15) is 4.88 Å². The van der Waals surface area contributed by atoms with Gasteiger partial charge in [0, 0.05) is 22.8 Å². The molecular formula is C14H10ClN3O2S3. The molecule has 0 aliphatic carbocycles. The summed E-state index contributed by atoms with van der Waals surface area (Å²) in [7, 11) is 0. The first-order valence-corrected chi connectivity index (χ1v) is 9.64. The number of hydrogen-bond donors (Lipinski definition) is 1. The number of thiophene rings is 1. The van der Waals surface area contributed by atoms with Crippen molar-refractivity contribution in [2.24, 2.45) is 0 Å². The van der Waals surface area contributed by atoms with Crippen LogP contribution in [0.25, 0.3) is 21.1 Å². The maximum atomic E-state index is 11.1. The van der Waals surface area contributed by atoms with Gasteiger partial charge in [-0.2, -0.15) is 0 Å². The van der Waals surface area contributed by atoms with Gasteiger partial charge in [-0.15, -0.1) is 22.7 Å². The van der Waals surface area contributed by atoms with Crippen LogP contribution in [0.5, 0.6) is 0 Å². The van der Waals surface area contributed by atoms with Crippen molar-refractivity contribution in [3.8, 4) is 21.1 Å². The minimum Gasteiger partial charge on any atom is -0.481 e. The predicted octanol–water partition coefficient (Wildman–Crippen LogP) is 4.33. The molecule has 0 radical (unpaired) electrons. The molecule has 3 heterocycles. The minimum absolute atomic E-state index is 0.0771. The lowest BCUT2D eigenvalue weighted by Gasteiger charge is -1.96. The van der Waals surface area contributed by atoms with Crippen molar-refractivity contribution in [3.63, 3.8) is 0 Å². The number of rotatable bonds is 5. The molecule has 3 rings (SSSR count). The van der Waals surface area contributed by atoms with Crippen molar-refractivity contribution in [1.82, 2.24) is 15.0 Å². The van der Waals surface area contributed by atoms with E-state index in [9.17, 15) is 4.79 Å². The number of carboxylic acids is 1. The highest BCUT2D eigenvalue weighted by molar-refractivity contribution is 7.98. The van der Waals surface area contributed by atoms with Crippen LogP contribution in [0.2, 0.25) is 4.34 Å². The van der Waals surface area contributed by atoms with E-state index in [1.165, 1.54) is 34.4 Å². The molecule has 0 spiro atoms. The SMILES string of the molecule is CSc1ncc(-c2nc(-c3ccc(Cl)s3)c(CC(=O)O)s2)cn1. The molecule has 9 heteroatoms. The average molecular weight is 384 g/mol. The minimum atomic E-state index is -0.891. The Morgan fingerprint density at radius 1 is 1.30 bits per heavy atom. The maximum Gasteiger partial charge on any atom is 0.308 e. The van der Waals surface area contributed by atoms with Crippen LogP contribution in [0, 0.1) is 0 Å². The van der Waals surface area contributed by atoms with Crippen LogP contribution in [0.4, 0.5) is 0 Å². The van der Waals surface area contributed by atoms with Gasteiger partial charge in [-0.25, -0.2) is 15.0 Å². The third-order valence-corrected chi connectivity index (χ3v) is 5.79. The molecule has 0 fully saturated rings. The fraction of sp³-hybridized carbons (Fsp3) is 0.143. The second-order valence-electron chi connectivity index (χ2n) is 4.42. The van der Waals surface area contributed by atoms with E-state index >= 15 is 0 Å². The van der Waals surface area contributed by atoms with E-state index in [2.05, 4.69) is 15.0 Å². The summed E-state index contributed by atoms with van der Waals surface area (Å²) in [5.74, 6) is -0.891. The fourth-order valence-corrected chi connectivity index (χ4v) is 4.38. The second kappa shape index (κ2) is 6.96. The first-order chi connectivity index (χ1) is 11.1. The van der Waals surface area contributed by atoms with Crippen molar-refractivity contribution >= 4 is 52.0 Å². The Balaban J connectivity index is 2.04. The Labute approximate surface area is 149 Å². The highest BCUT2D eigenvalue weighted by Crippen LogP contribution is 2.38. The Morgan fingerprint density at radius 2 is 2.04 bits per heavy atom. The molecule has 0 bridgehead atoms. The number of carbonyl (C=O) groups is 1. The molecule has 0 atom stereocenters. The molecule has 0 unspecified atom stereocenters. The Bertz CT molecular complexity index is 845. The van der Waals surface area contributed by atoms with Crippen molar-refractivity contribution in [3.05, 3.63) is 33.7 Å². The molecule has 1 N–H and O–H groups in total. The number of nitrogens with zero attached hydrogens (tertiary/aromatic N) is 3. The van der Waals surface area contributed by atoms with Crippen molar-refractivity contribution in [2.75, 3.05) is 6.26 Å². The number of thiazole rings is 1. The zero-order chi connectivity index (χ0) is 16.4. The topological polar surface area (TPSA) is 76.0 Å². The zero-order valence-electron chi connectivity index (χ0n) is 11.8. The van der Waals surface area contributed by atoms with E-state index in [0.29, 0.717) is 25.1 Å². The van der Waals surface area contributed by atoms with Crippen molar-refractivity contribution < 1.29 is 9.90 Å². The molecule has 23 heavy (non-hydrogen) atoms. The largest absolute Gasteiger partial charge is 0.481 e. The summed E-state index contributed by atoms with van der Waals surface area (Å²) >= 11 is 10.2. The molecule has 5 nitrogen and oxygen atoms in total. The van der Waals surface area contributed by atoms with Gasteiger partial charge in [0.15, 0.2) is 5.16 Å². The van der Waals surface area contributed by atoms with Crippen LogP contribution in [0.15, 0.2) is 29.7 Å². The monoisotopic (exact) mass is 383 g/mol. The molecule has 0 aromatic carbocycles. The molecule has 0 aliphatic heterocycles. The lowest BCUT2D eigenvalue weighted by atomic mass is 10.2. The third kappa shape index (κ3) is 3.72. The summed E-state index contributed by atoms with van der Waals surface area (Å²) in [6.07, 6.45) is 5.23. The Kier molecular flexibility index (Phi) is 4.96. The number of aromatic nitrogens is 3. The highest BCUT2D eigenvalue weighted by atomic mass is 35.5. The lowest BCUT2D eigenvalue weighted by molar-refractivity contribution is -0.136. The number of carboxylic acid groups (broad SMARTS) is 1. The maximum absolute atomic E-state index is 11.1. The van der Waals surface area contributed by atoms with Gasteiger partial charge in [-0.1, -0.05) is 23.4 Å². The lowest BCUT2D eigenvalue weighted by Crippen LogP contribution is -1.98. The van der Waals surface area contributed by atoms with Gasteiger partial charge >= 0.3 is 5.97 Å². The van der Waals surface area contributed by atoms with E-state index in [1.807, 2.05) is 12.3 Å². The molecule has 0 amide bonds. The molecule has 0 aliphatic rings. The van der Waals surface area contributed by atoms with Gasteiger partial charge < -0.3 is 5.11 Å². The van der Waals surface area contributed by atoms with Crippen LogP contribution >= 0.6 is 46.0 Å². The Hall–Kier alpha value is -1.48. The van der Waals surface area contributed by atoms with Gasteiger partial charge in [0.25, 0.3) is 0 Å². The smallest absolute Gasteiger partial charge is 0.308 e. The van der Waals surface area contributed by atoms with Gasteiger partial charge in [-0.05, 0) is 18.4 Å². The number of aliphatic carboxylic acids is 1. The van der Waals surface area contributed by atoms with E-state index in [4.69, 9.17) is 16.7 Å². The van der Waals surface area contributed by atoms with Gasteiger partial charge in [-0.3, -0.25) is 4.79 Å². The van der Waals surface area contributed by atoms with Crippen LogP contribution in [-0.2, 0) is 11.2 Å². The van der Waals surface area contributed by atoms with Gasteiger partial charge in [0.2, 0.25) is 0 Å². The van der Waals surface area contributed by atoms with Crippen molar-refractivity contribution in [2.45, 2.75) is 11.6 Å². The van der Waals surface area contributed by atoms with Crippen LogP contribution in [-0.4, -0.2) is 32.3 Å². The van der Waals surface area contributed by atoms with Crippen molar-refractivity contribution in [1.29, 1.82) is 0 Å². The van der Waals surface area contributed by atoms with E-state index in [1.54, 1.807) is 18.5 Å². The molecule has 3 aromatic rings. The first-order valence-electron chi connectivity index (χ1n) is 6.40.